The molecule has 0 aromatic carbocycles. The molecule has 2 N–H and O–H groups in total. The highest BCUT2D eigenvalue weighted by Crippen LogP contribution is 2.30. The molecule has 0 amide bonds. The number of pyridine rings is 1. The molecule has 1 rings (SSSR count). The molecule has 15 heavy (non-hydrogen) atoms. The Kier molecular flexibility index (Phi) is 3.41. The largest absolute Gasteiger partial charge is 0.265 e. The zero-order chi connectivity index (χ0) is 11.8. The Morgan fingerprint density at radius 2 is 2.07 bits per heavy atom. The fourth-order valence-corrected chi connectivity index (χ4v) is 3.03. The molecule has 0 aliphatic carbocycles. The molecule has 0 fully saturated rings. The van der Waals surface area contributed by atoms with E-state index >= 15 is 0 Å². The second-order valence-electron chi connectivity index (χ2n) is 2.82. The van der Waals surface area contributed by atoms with Gasteiger partial charge < -0.3 is 0 Å². The molecule has 0 unspecified atom stereocenters. The predicted molar refractivity (Wildman–Crippen MR) is 53.0 cm³/mol. The van der Waals surface area contributed by atoms with Gasteiger partial charge in [0.1, 0.15) is 9.50 Å². The second kappa shape index (κ2) is 4.11. The fourth-order valence-electron chi connectivity index (χ4n) is 1.09. The van der Waals surface area contributed by atoms with Crippen molar-refractivity contribution < 1.29 is 17.2 Å². The first-order valence-electron chi connectivity index (χ1n) is 3.71. The number of halogens is 3. The van der Waals surface area contributed by atoms with Crippen LogP contribution in [0.25, 0.3) is 0 Å². The molecule has 1 aromatic rings. The maximum atomic E-state index is 12.5. The molecular formula is C7H7BrF2N2O2S. The number of primary sulfonamides is 1. The summed E-state index contributed by atoms with van der Waals surface area (Å²) in [4.78, 5) is 3.04. The Labute approximate surface area is 93.7 Å². The van der Waals surface area contributed by atoms with Gasteiger partial charge >= 0.3 is 0 Å². The minimum atomic E-state index is -4.22. The summed E-state index contributed by atoms with van der Waals surface area (Å²) in [5.41, 5.74) is -0.360. The quantitative estimate of drug-likeness (QED) is 0.846. The fraction of sp³-hybridized carbons (Fsp3) is 0.286. The molecule has 4 nitrogen and oxygen atoms in total. The summed E-state index contributed by atoms with van der Waals surface area (Å²) >= 11 is 2.80. The average Bonchev–Trinajstić information content (AvgIpc) is 1.99. The molecule has 0 bridgehead atoms. The van der Waals surface area contributed by atoms with Gasteiger partial charge in [-0.15, -0.1) is 0 Å². The van der Waals surface area contributed by atoms with E-state index in [1.807, 2.05) is 0 Å². The monoisotopic (exact) mass is 300 g/mol. The van der Waals surface area contributed by atoms with Gasteiger partial charge in [0, 0.05) is 11.3 Å². The lowest BCUT2D eigenvalue weighted by molar-refractivity contribution is 0.147. The topological polar surface area (TPSA) is 73.1 Å². The van der Waals surface area contributed by atoms with E-state index in [1.54, 1.807) is 0 Å². The first-order valence-corrected chi connectivity index (χ1v) is 6.05. The maximum absolute atomic E-state index is 12.5. The highest BCUT2D eigenvalue weighted by atomic mass is 79.9. The van der Waals surface area contributed by atoms with E-state index < -0.39 is 26.9 Å². The van der Waals surface area contributed by atoms with E-state index in [2.05, 4.69) is 20.9 Å². The molecule has 1 aromatic heterocycles. The van der Waals surface area contributed by atoms with E-state index in [-0.39, 0.29) is 10.3 Å². The summed E-state index contributed by atoms with van der Waals surface area (Å²) in [6, 6.07) is 0.995. The molecule has 84 valence electrons. The van der Waals surface area contributed by atoms with Crippen LogP contribution in [-0.2, 0) is 10.0 Å². The van der Waals surface area contributed by atoms with E-state index in [9.17, 15) is 17.2 Å². The van der Waals surface area contributed by atoms with Gasteiger partial charge in [0.05, 0.1) is 0 Å². The Bertz CT molecular complexity index is 490. The molecule has 0 spiro atoms. The summed E-state index contributed by atoms with van der Waals surface area (Å²) in [5.74, 6) is 0. The van der Waals surface area contributed by atoms with Gasteiger partial charge in [0.15, 0.2) is 0 Å². The number of rotatable bonds is 2. The smallest absolute Gasteiger partial charge is 0.245 e. The standard InChI is InChI=1S/C7H7BrF2N2O2S/c1-3-2-4(7(9)10)5(6(8)12-3)15(11,13)14/h2,7H,1H3,(H2,11,13,14). The summed E-state index contributed by atoms with van der Waals surface area (Å²) in [6.45, 7) is 1.48. The number of hydrogen-bond donors (Lipinski definition) is 1. The second-order valence-corrected chi connectivity index (χ2v) is 5.07. The van der Waals surface area contributed by atoms with Crippen LogP contribution in [0, 0.1) is 6.92 Å². The Morgan fingerprint density at radius 3 is 2.47 bits per heavy atom. The molecule has 0 saturated carbocycles. The van der Waals surface area contributed by atoms with E-state index in [1.165, 1.54) is 6.92 Å². The molecule has 8 heteroatoms. The zero-order valence-corrected chi connectivity index (χ0v) is 9.94. The van der Waals surface area contributed by atoms with Crippen LogP contribution in [-0.4, -0.2) is 13.4 Å². The van der Waals surface area contributed by atoms with Crippen molar-refractivity contribution in [1.82, 2.24) is 4.98 Å². The summed E-state index contributed by atoms with van der Waals surface area (Å²) in [5, 5.41) is 4.82. The third kappa shape index (κ3) is 2.70. The van der Waals surface area contributed by atoms with Crippen molar-refractivity contribution in [3.05, 3.63) is 21.9 Å². The normalized spacial score (nSPS) is 12.1. The predicted octanol–water partition coefficient (Wildman–Crippen LogP) is 1.74. The number of sulfonamides is 1. The molecule has 0 aliphatic heterocycles. The van der Waals surface area contributed by atoms with E-state index in [4.69, 9.17) is 5.14 Å². The van der Waals surface area contributed by atoms with Gasteiger partial charge in [-0.3, -0.25) is 0 Å². The Morgan fingerprint density at radius 1 is 1.53 bits per heavy atom. The van der Waals surface area contributed by atoms with Crippen LogP contribution in [0.5, 0.6) is 0 Å². The van der Waals surface area contributed by atoms with Crippen molar-refractivity contribution in [3.8, 4) is 0 Å². The number of alkyl halides is 2. The molecule has 0 aliphatic rings. The van der Waals surface area contributed by atoms with Crippen molar-refractivity contribution in [2.45, 2.75) is 18.2 Å². The van der Waals surface area contributed by atoms with Crippen molar-refractivity contribution in [2.24, 2.45) is 5.14 Å². The number of aromatic nitrogens is 1. The van der Waals surface area contributed by atoms with E-state index in [0.29, 0.717) is 0 Å². The lowest BCUT2D eigenvalue weighted by Gasteiger charge is -2.09. The van der Waals surface area contributed by atoms with Crippen LogP contribution in [0.1, 0.15) is 17.7 Å². The first kappa shape index (κ1) is 12.5. The third-order valence-corrected chi connectivity index (χ3v) is 3.44. The maximum Gasteiger partial charge on any atom is 0.265 e. The third-order valence-electron chi connectivity index (χ3n) is 1.61. The molecule has 0 atom stereocenters. The Balaban J connectivity index is 3.62. The average molecular weight is 301 g/mol. The first-order chi connectivity index (χ1) is 6.73. The molecule has 0 radical (unpaired) electrons. The van der Waals surface area contributed by atoms with Crippen molar-refractivity contribution in [2.75, 3.05) is 0 Å². The summed E-state index contributed by atoms with van der Waals surface area (Å²) in [6.07, 6.45) is -2.92. The lowest BCUT2D eigenvalue weighted by Crippen LogP contribution is -2.16. The van der Waals surface area contributed by atoms with Crippen LogP contribution in [0.2, 0.25) is 0 Å². The van der Waals surface area contributed by atoms with Gasteiger partial charge in [-0.25, -0.2) is 27.3 Å². The number of nitrogens with two attached hydrogens (primary N) is 1. The van der Waals surface area contributed by atoms with Gasteiger partial charge in [-0.1, -0.05) is 0 Å². The summed E-state index contributed by atoms with van der Waals surface area (Å²) in [7, 11) is -4.22. The van der Waals surface area contributed by atoms with Gasteiger partial charge in [-0.05, 0) is 28.9 Å². The number of nitrogens with zero attached hydrogens (tertiary/aromatic N) is 1. The van der Waals surface area contributed by atoms with Crippen LogP contribution in [0.3, 0.4) is 0 Å². The van der Waals surface area contributed by atoms with Crippen LogP contribution in [0.4, 0.5) is 8.78 Å². The van der Waals surface area contributed by atoms with Crippen molar-refractivity contribution in [3.63, 3.8) is 0 Å². The van der Waals surface area contributed by atoms with Crippen molar-refractivity contribution in [1.29, 1.82) is 0 Å². The van der Waals surface area contributed by atoms with Gasteiger partial charge in [0.2, 0.25) is 10.0 Å². The number of aryl methyl sites for hydroxylation is 1. The van der Waals surface area contributed by atoms with E-state index in [0.717, 1.165) is 6.07 Å². The van der Waals surface area contributed by atoms with Gasteiger partial charge in [-0.2, -0.15) is 0 Å². The molecule has 1 heterocycles. The highest BCUT2D eigenvalue weighted by Gasteiger charge is 2.24. The minimum absolute atomic E-state index is 0.194. The summed E-state index contributed by atoms with van der Waals surface area (Å²) < 4.78 is 47.0. The van der Waals surface area contributed by atoms with Crippen LogP contribution < -0.4 is 5.14 Å². The van der Waals surface area contributed by atoms with Crippen LogP contribution >= 0.6 is 15.9 Å². The molecule has 0 saturated heterocycles. The highest BCUT2D eigenvalue weighted by molar-refractivity contribution is 9.10. The van der Waals surface area contributed by atoms with Gasteiger partial charge in [0.25, 0.3) is 6.43 Å². The molecular weight excluding hydrogens is 294 g/mol. The SMILES string of the molecule is Cc1cc(C(F)F)c(S(N)(=O)=O)c(Br)n1. The zero-order valence-electron chi connectivity index (χ0n) is 7.54. The van der Waals surface area contributed by atoms with Crippen molar-refractivity contribution >= 4 is 26.0 Å². The number of hydrogen-bond acceptors (Lipinski definition) is 3. The van der Waals surface area contributed by atoms with Crippen LogP contribution in [0.15, 0.2) is 15.6 Å². The minimum Gasteiger partial charge on any atom is -0.245 e. The lowest BCUT2D eigenvalue weighted by atomic mass is 10.2. The Hall–Kier alpha value is -0.600.